The Kier molecular flexibility index (Phi) is 21.3. The summed E-state index contributed by atoms with van der Waals surface area (Å²) in [7, 11) is 7.03. The zero-order valence-electron chi connectivity index (χ0n) is 47.7. The molecule has 5 N–H and O–H groups in total. The lowest BCUT2D eigenvalue weighted by atomic mass is 9.68. The van der Waals surface area contributed by atoms with Crippen molar-refractivity contribution < 1.29 is 63.1 Å². The third kappa shape index (κ3) is 14.1. The SMILES string of the molecule is CC[C@H]1OC(=O)[C@H](C)C([C@H]2C[C@@](C)(OC)[C@@H](O)[C@H](C)O2)[C@H](C)[C@@H](O[C@H]2C[C@@H](N(C)CCc3cn([C@H](CF)[C@H](OC)c4ccc(-c5ccc(CO)cc5)cc4)nn3)C[C@@H](C)O2)[C@](C)(O)C[C@@H](C)CN(C)[C@H](C)[C@@H](O)[C@]1(C)O. The molecular weight excluding hydrogens is 978 g/mol. The number of hydrogen-bond donors (Lipinski definition) is 5. The molecule has 76 heavy (non-hydrogen) atoms. The lowest BCUT2D eigenvalue weighted by Crippen LogP contribution is -2.61. The predicted molar refractivity (Wildman–Crippen MR) is 287 cm³/mol. The summed E-state index contributed by atoms with van der Waals surface area (Å²) in [5.74, 6) is -2.87. The van der Waals surface area contributed by atoms with Gasteiger partial charge in [0.05, 0.1) is 53.8 Å². The molecule has 3 saturated heterocycles. The Bertz CT molecular complexity index is 2270. The molecule has 0 radical (unpaired) electrons. The van der Waals surface area contributed by atoms with Gasteiger partial charge in [0.25, 0.3) is 0 Å². The molecule has 3 aromatic rings. The van der Waals surface area contributed by atoms with Crippen LogP contribution in [0.3, 0.4) is 0 Å². The van der Waals surface area contributed by atoms with Gasteiger partial charge in [-0.15, -0.1) is 5.10 Å². The van der Waals surface area contributed by atoms with Crippen molar-refractivity contribution in [2.75, 3.05) is 48.1 Å². The Hall–Kier alpha value is -3.50. The molecule has 18 heteroatoms. The second-order valence-corrected chi connectivity index (χ2v) is 23.5. The van der Waals surface area contributed by atoms with Crippen LogP contribution in [0.1, 0.15) is 130 Å². The number of aromatic nitrogens is 3. The third-order valence-corrected chi connectivity index (χ3v) is 17.5. The van der Waals surface area contributed by atoms with Gasteiger partial charge in [0.2, 0.25) is 0 Å². The molecule has 6 rings (SSSR count). The molecule has 0 saturated carbocycles. The van der Waals surface area contributed by atoms with E-state index < -0.39 is 108 Å². The van der Waals surface area contributed by atoms with Gasteiger partial charge in [-0.05, 0) is 109 Å². The lowest BCUT2D eigenvalue weighted by Gasteiger charge is -2.51. The Morgan fingerprint density at radius 3 is 2.16 bits per heavy atom. The number of aliphatic hydroxyl groups is 5. The van der Waals surface area contributed by atoms with Crippen LogP contribution in [-0.2, 0) is 46.2 Å². The summed E-state index contributed by atoms with van der Waals surface area (Å²) in [6.07, 6.45) is -2.95. The predicted octanol–water partition coefficient (Wildman–Crippen LogP) is 6.47. The number of methoxy groups -OCH3 is 2. The number of rotatable bonds is 16. The minimum absolute atomic E-state index is 0.00580. The van der Waals surface area contributed by atoms with Crippen LogP contribution in [0.2, 0.25) is 0 Å². The van der Waals surface area contributed by atoms with Gasteiger partial charge in [-0.25, -0.2) is 9.07 Å². The maximum atomic E-state index is 15.0. The number of carbonyl (C=O) groups is 1. The normalized spacial score (nSPS) is 37.5. The van der Waals surface area contributed by atoms with Crippen molar-refractivity contribution in [2.24, 2.45) is 23.7 Å². The van der Waals surface area contributed by atoms with E-state index in [1.54, 1.807) is 52.8 Å². The molecule has 4 heterocycles. The van der Waals surface area contributed by atoms with Crippen LogP contribution in [0.4, 0.5) is 4.39 Å². The summed E-state index contributed by atoms with van der Waals surface area (Å²) in [5.41, 5.74) is -0.0224. The van der Waals surface area contributed by atoms with E-state index in [0.29, 0.717) is 38.0 Å². The van der Waals surface area contributed by atoms with Gasteiger partial charge in [-0.3, -0.25) is 4.79 Å². The Balaban J connectivity index is 1.23. The number of esters is 1. The van der Waals surface area contributed by atoms with Crippen molar-refractivity contribution in [2.45, 2.75) is 204 Å². The number of benzene rings is 2. The molecule has 0 aliphatic carbocycles. The first kappa shape index (κ1) is 61.7. The summed E-state index contributed by atoms with van der Waals surface area (Å²) in [4.78, 5) is 18.9. The summed E-state index contributed by atoms with van der Waals surface area (Å²) < 4.78 is 55.0. The maximum Gasteiger partial charge on any atom is 0.309 e. The van der Waals surface area contributed by atoms with E-state index in [1.807, 2.05) is 102 Å². The van der Waals surface area contributed by atoms with E-state index in [-0.39, 0.29) is 43.9 Å². The molecule has 19 atom stereocenters. The fourth-order valence-electron chi connectivity index (χ4n) is 12.7. The number of carbonyl (C=O) groups excluding carboxylic acids is 1. The molecule has 2 aromatic carbocycles. The summed E-state index contributed by atoms with van der Waals surface area (Å²) in [6, 6.07) is 14.2. The molecule has 1 unspecified atom stereocenters. The maximum absolute atomic E-state index is 15.0. The molecule has 1 aromatic heterocycles. The quantitative estimate of drug-likeness (QED) is 0.0975. The van der Waals surface area contributed by atoms with Gasteiger partial charge in [-0.1, -0.05) is 81.4 Å². The Morgan fingerprint density at radius 2 is 1.57 bits per heavy atom. The number of aliphatic hydroxyl groups excluding tert-OH is 3. The van der Waals surface area contributed by atoms with Crippen molar-refractivity contribution in [3.63, 3.8) is 0 Å². The zero-order valence-corrected chi connectivity index (χ0v) is 47.7. The van der Waals surface area contributed by atoms with Crippen LogP contribution in [0, 0.1) is 23.7 Å². The van der Waals surface area contributed by atoms with Crippen LogP contribution >= 0.6 is 0 Å². The van der Waals surface area contributed by atoms with Crippen LogP contribution in [0.15, 0.2) is 54.7 Å². The average molecular weight is 1070 g/mol. The van der Waals surface area contributed by atoms with E-state index in [2.05, 4.69) is 15.2 Å². The van der Waals surface area contributed by atoms with Crippen LogP contribution in [0.25, 0.3) is 11.1 Å². The van der Waals surface area contributed by atoms with E-state index >= 15 is 0 Å². The fourth-order valence-corrected chi connectivity index (χ4v) is 12.7. The molecule has 0 bridgehead atoms. The van der Waals surface area contributed by atoms with Crippen molar-refractivity contribution in [1.29, 1.82) is 0 Å². The number of hydrogen-bond acceptors (Lipinski definition) is 16. The van der Waals surface area contributed by atoms with Crippen LogP contribution in [0.5, 0.6) is 0 Å². The smallest absolute Gasteiger partial charge is 0.309 e. The molecule has 3 aliphatic heterocycles. The lowest BCUT2D eigenvalue weighted by molar-refractivity contribution is -0.275. The minimum atomic E-state index is -1.80. The van der Waals surface area contributed by atoms with Crippen LogP contribution in [-0.4, -0.2) is 182 Å². The topological polar surface area (TPSA) is 211 Å². The van der Waals surface area contributed by atoms with Gasteiger partial charge in [0, 0.05) is 70.8 Å². The molecule has 0 amide bonds. The van der Waals surface area contributed by atoms with E-state index in [4.69, 9.17) is 28.4 Å². The fraction of sp³-hybridized carbons (Fsp3) is 0.741. The van der Waals surface area contributed by atoms with Crippen molar-refractivity contribution >= 4 is 5.97 Å². The zero-order chi connectivity index (χ0) is 56.0. The highest BCUT2D eigenvalue weighted by atomic mass is 19.1. The number of likely N-dealkylation sites (N-methyl/N-ethyl adjacent to an activating group) is 2. The number of nitrogens with zero attached hydrogens (tertiary/aromatic N) is 5. The summed E-state index contributed by atoms with van der Waals surface area (Å²) in [5, 5.41) is 66.2. The van der Waals surface area contributed by atoms with Crippen molar-refractivity contribution in [1.82, 2.24) is 24.8 Å². The van der Waals surface area contributed by atoms with Crippen molar-refractivity contribution in [3.8, 4) is 11.1 Å². The number of cyclic esters (lactones) is 1. The molecule has 3 fully saturated rings. The van der Waals surface area contributed by atoms with E-state index in [9.17, 15) is 34.7 Å². The molecule has 0 spiro atoms. The summed E-state index contributed by atoms with van der Waals surface area (Å²) in [6.45, 7) is 18.6. The highest BCUT2D eigenvalue weighted by molar-refractivity contribution is 5.73. The molecule has 3 aliphatic rings. The second-order valence-electron chi connectivity index (χ2n) is 23.5. The van der Waals surface area contributed by atoms with E-state index in [1.165, 1.54) is 6.92 Å². The van der Waals surface area contributed by atoms with Gasteiger partial charge in [0.1, 0.15) is 42.7 Å². The van der Waals surface area contributed by atoms with Gasteiger partial charge in [0.15, 0.2) is 6.29 Å². The van der Waals surface area contributed by atoms with Crippen LogP contribution < -0.4 is 0 Å². The Morgan fingerprint density at radius 1 is 0.921 bits per heavy atom. The molecule has 428 valence electrons. The number of halogens is 1. The average Bonchev–Trinajstić information content (AvgIpc) is 3.87. The highest BCUT2D eigenvalue weighted by Gasteiger charge is 2.54. The standard InChI is InChI=1S/C58H92FN5O12/c1-15-48-58(10,70)52(66)38(6)63(12)31-34(2)28-56(8,69)54(36(4)50(37(5)55(68)75-48)47-29-57(9,72-14)53(67)39(7)74-47)76-49-27-45(26-35(3)73-49)62(11)25-24-44-32-64(61-60-44)46(30-59)51(71-13)43-22-20-42(21-23-43)41-18-16-40(33-65)17-19-41/h16-23,32,34-39,45-54,65-67,69-70H,15,24-31,33H2,1-14H3/t34-,35-,36+,37-,38-,39+,45+,46-,47-,48-,49+,50?,51-,52-,53+,54-,56-,57-,58-/m1/s1. The first-order valence-electron chi connectivity index (χ1n) is 27.6. The number of alkyl halides is 1. The Labute approximate surface area is 451 Å². The summed E-state index contributed by atoms with van der Waals surface area (Å²) >= 11 is 0. The number of ether oxygens (including phenoxy) is 6. The van der Waals surface area contributed by atoms with Gasteiger partial charge < -0.3 is 63.8 Å². The van der Waals surface area contributed by atoms with Crippen molar-refractivity contribution in [3.05, 3.63) is 71.5 Å². The van der Waals surface area contributed by atoms with Gasteiger partial charge >= 0.3 is 5.97 Å². The van der Waals surface area contributed by atoms with E-state index in [0.717, 1.165) is 22.3 Å². The molecule has 17 nitrogen and oxygen atoms in total. The monoisotopic (exact) mass is 1070 g/mol. The minimum Gasteiger partial charge on any atom is -0.459 e. The third-order valence-electron chi connectivity index (χ3n) is 17.5. The first-order chi connectivity index (χ1) is 35.8. The second kappa shape index (κ2) is 26.2. The molecular formula is C58H92FN5O12. The van der Waals surface area contributed by atoms with Gasteiger partial charge in [-0.2, -0.15) is 0 Å². The highest BCUT2D eigenvalue weighted by Crippen LogP contribution is 2.45. The largest absolute Gasteiger partial charge is 0.459 e. The first-order valence-corrected chi connectivity index (χ1v) is 27.6.